The van der Waals surface area contributed by atoms with E-state index >= 15 is 0 Å². The molecular weight excluding hydrogens is 252 g/mol. The molecule has 0 bridgehead atoms. The van der Waals surface area contributed by atoms with Crippen molar-refractivity contribution < 1.29 is 4.79 Å². The molecule has 0 saturated carbocycles. The van der Waals surface area contributed by atoms with E-state index in [9.17, 15) is 4.79 Å². The Morgan fingerprint density at radius 1 is 1.35 bits per heavy atom. The summed E-state index contributed by atoms with van der Waals surface area (Å²) in [6, 6.07) is 11.0. The lowest BCUT2D eigenvalue weighted by molar-refractivity contribution is -0.116. The molecule has 0 aliphatic rings. The van der Waals surface area contributed by atoms with Gasteiger partial charge in [0, 0.05) is 24.7 Å². The van der Waals surface area contributed by atoms with Gasteiger partial charge in [-0.05, 0) is 38.2 Å². The molecule has 1 amide bonds. The van der Waals surface area contributed by atoms with Gasteiger partial charge in [0.15, 0.2) is 0 Å². The highest BCUT2D eigenvalue weighted by molar-refractivity contribution is 5.90. The summed E-state index contributed by atoms with van der Waals surface area (Å²) in [4.78, 5) is 13.8. The predicted octanol–water partition coefficient (Wildman–Crippen LogP) is 2.12. The van der Waals surface area contributed by atoms with Crippen LogP contribution in [-0.2, 0) is 4.79 Å². The third-order valence-electron chi connectivity index (χ3n) is 3.13. The highest BCUT2D eigenvalue weighted by Crippen LogP contribution is 2.09. The lowest BCUT2D eigenvalue weighted by Gasteiger charge is -2.22. The van der Waals surface area contributed by atoms with E-state index in [-0.39, 0.29) is 11.9 Å². The molecule has 0 heterocycles. The third-order valence-corrected chi connectivity index (χ3v) is 3.13. The highest BCUT2D eigenvalue weighted by Gasteiger charge is 2.10. The zero-order valence-electron chi connectivity index (χ0n) is 11.8. The SMILES string of the molecule is CC(CC#N)N(C)CCC(=O)Nc1ccc(C#N)cc1. The van der Waals surface area contributed by atoms with Crippen LogP contribution < -0.4 is 5.32 Å². The number of amides is 1. The lowest BCUT2D eigenvalue weighted by Crippen LogP contribution is -2.31. The van der Waals surface area contributed by atoms with Crippen molar-refractivity contribution in [2.24, 2.45) is 0 Å². The first-order chi connectivity index (χ1) is 9.56. The number of rotatable bonds is 6. The lowest BCUT2D eigenvalue weighted by atomic mass is 10.2. The molecule has 5 nitrogen and oxygen atoms in total. The Labute approximate surface area is 119 Å². The van der Waals surface area contributed by atoms with Crippen LogP contribution in [0.5, 0.6) is 0 Å². The molecule has 1 rings (SSSR count). The van der Waals surface area contributed by atoms with Crippen LogP contribution in [0.3, 0.4) is 0 Å². The van der Waals surface area contributed by atoms with Crippen molar-refractivity contribution in [1.29, 1.82) is 10.5 Å². The molecule has 0 aliphatic heterocycles. The zero-order valence-corrected chi connectivity index (χ0v) is 11.8. The molecule has 1 N–H and O–H groups in total. The molecule has 0 spiro atoms. The van der Waals surface area contributed by atoms with Crippen LogP contribution in [0.4, 0.5) is 5.69 Å². The zero-order chi connectivity index (χ0) is 15.0. The molecule has 0 aromatic heterocycles. The Hall–Kier alpha value is -2.37. The summed E-state index contributed by atoms with van der Waals surface area (Å²) in [6.07, 6.45) is 0.819. The van der Waals surface area contributed by atoms with Crippen molar-refractivity contribution in [3.05, 3.63) is 29.8 Å². The average molecular weight is 270 g/mol. The molecular formula is C15H18N4O. The third kappa shape index (κ3) is 5.09. The van der Waals surface area contributed by atoms with Crippen molar-refractivity contribution in [2.75, 3.05) is 18.9 Å². The number of hydrogen-bond donors (Lipinski definition) is 1. The number of anilines is 1. The van der Waals surface area contributed by atoms with Crippen LogP contribution in [0.1, 0.15) is 25.3 Å². The summed E-state index contributed by atoms with van der Waals surface area (Å²) in [6.45, 7) is 2.56. The minimum atomic E-state index is -0.0780. The molecule has 1 aromatic rings. The molecule has 1 aromatic carbocycles. The minimum absolute atomic E-state index is 0.0780. The molecule has 0 aliphatic carbocycles. The van der Waals surface area contributed by atoms with Gasteiger partial charge in [-0.1, -0.05) is 0 Å². The quantitative estimate of drug-likeness (QED) is 0.858. The van der Waals surface area contributed by atoms with E-state index in [1.54, 1.807) is 24.3 Å². The van der Waals surface area contributed by atoms with E-state index in [1.807, 2.05) is 24.9 Å². The van der Waals surface area contributed by atoms with Crippen LogP contribution in [0.25, 0.3) is 0 Å². The fourth-order valence-corrected chi connectivity index (χ4v) is 1.64. The van der Waals surface area contributed by atoms with Crippen molar-refractivity contribution in [1.82, 2.24) is 4.90 Å². The summed E-state index contributed by atoms with van der Waals surface area (Å²) in [5.74, 6) is -0.0780. The highest BCUT2D eigenvalue weighted by atomic mass is 16.1. The maximum Gasteiger partial charge on any atom is 0.225 e. The first kappa shape index (κ1) is 15.7. The van der Waals surface area contributed by atoms with Gasteiger partial charge in [0.1, 0.15) is 0 Å². The maximum absolute atomic E-state index is 11.8. The number of nitrogens with one attached hydrogen (secondary N) is 1. The Kier molecular flexibility index (Phi) is 6.22. The van der Waals surface area contributed by atoms with E-state index < -0.39 is 0 Å². The molecule has 20 heavy (non-hydrogen) atoms. The van der Waals surface area contributed by atoms with Crippen LogP contribution in [0.2, 0.25) is 0 Å². The predicted molar refractivity (Wildman–Crippen MR) is 76.7 cm³/mol. The normalized spacial score (nSPS) is 11.4. The number of hydrogen-bond acceptors (Lipinski definition) is 4. The summed E-state index contributed by atoms with van der Waals surface area (Å²) in [5, 5.41) is 20.1. The van der Waals surface area contributed by atoms with Crippen LogP contribution >= 0.6 is 0 Å². The smallest absolute Gasteiger partial charge is 0.225 e. The summed E-state index contributed by atoms with van der Waals surface area (Å²) in [5.41, 5.74) is 1.25. The largest absolute Gasteiger partial charge is 0.326 e. The first-order valence-corrected chi connectivity index (χ1v) is 6.44. The number of nitrogens with zero attached hydrogens (tertiary/aromatic N) is 3. The summed E-state index contributed by atoms with van der Waals surface area (Å²) in [7, 11) is 1.90. The Bertz CT molecular complexity index is 524. The number of carbonyl (C=O) groups is 1. The number of benzene rings is 1. The van der Waals surface area contributed by atoms with Crippen molar-refractivity contribution in [3.8, 4) is 12.1 Å². The fraction of sp³-hybridized carbons (Fsp3) is 0.400. The number of nitriles is 2. The molecule has 0 saturated heterocycles. The average Bonchev–Trinajstić information content (AvgIpc) is 2.45. The van der Waals surface area contributed by atoms with Gasteiger partial charge in [-0.15, -0.1) is 0 Å². The van der Waals surface area contributed by atoms with E-state index in [2.05, 4.69) is 11.4 Å². The van der Waals surface area contributed by atoms with Gasteiger partial charge in [0.2, 0.25) is 5.91 Å². The summed E-state index contributed by atoms with van der Waals surface area (Å²) < 4.78 is 0. The van der Waals surface area contributed by atoms with Crippen molar-refractivity contribution >= 4 is 11.6 Å². The Morgan fingerprint density at radius 2 is 2.00 bits per heavy atom. The molecule has 1 atom stereocenters. The van der Waals surface area contributed by atoms with E-state index in [0.29, 0.717) is 30.6 Å². The standard InChI is InChI=1S/C15H18N4O/c1-12(7-9-16)19(2)10-8-15(20)18-14-5-3-13(11-17)4-6-14/h3-6,12H,7-8,10H2,1-2H3,(H,18,20). The second kappa shape index (κ2) is 7.93. The molecule has 5 heteroatoms. The van der Waals surface area contributed by atoms with Crippen LogP contribution in [0, 0.1) is 22.7 Å². The van der Waals surface area contributed by atoms with Gasteiger partial charge in [-0.2, -0.15) is 10.5 Å². The van der Waals surface area contributed by atoms with Crippen molar-refractivity contribution in [3.63, 3.8) is 0 Å². The van der Waals surface area contributed by atoms with Gasteiger partial charge in [-0.25, -0.2) is 0 Å². The fourth-order valence-electron chi connectivity index (χ4n) is 1.64. The van der Waals surface area contributed by atoms with Crippen molar-refractivity contribution in [2.45, 2.75) is 25.8 Å². The molecule has 104 valence electrons. The van der Waals surface area contributed by atoms with E-state index in [0.717, 1.165) is 0 Å². The van der Waals surface area contributed by atoms with Gasteiger partial charge < -0.3 is 10.2 Å². The Morgan fingerprint density at radius 3 is 2.55 bits per heavy atom. The molecule has 1 unspecified atom stereocenters. The van der Waals surface area contributed by atoms with Gasteiger partial charge in [-0.3, -0.25) is 4.79 Å². The minimum Gasteiger partial charge on any atom is -0.326 e. The van der Waals surface area contributed by atoms with Crippen LogP contribution in [0.15, 0.2) is 24.3 Å². The molecule has 0 radical (unpaired) electrons. The molecule has 0 fully saturated rings. The van der Waals surface area contributed by atoms with Gasteiger partial charge >= 0.3 is 0 Å². The van der Waals surface area contributed by atoms with Crippen LogP contribution in [-0.4, -0.2) is 30.4 Å². The first-order valence-electron chi connectivity index (χ1n) is 6.44. The second-order valence-corrected chi connectivity index (χ2v) is 4.68. The topological polar surface area (TPSA) is 79.9 Å². The van der Waals surface area contributed by atoms with Gasteiger partial charge in [0.05, 0.1) is 24.1 Å². The maximum atomic E-state index is 11.8. The summed E-state index contributed by atoms with van der Waals surface area (Å²) >= 11 is 0. The second-order valence-electron chi connectivity index (χ2n) is 4.68. The van der Waals surface area contributed by atoms with E-state index in [1.165, 1.54) is 0 Å². The van der Waals surface area contributed by atoms with E-state index in [4.69, 9.17) is 10.5 Å². The number of carbonyl (C=O) groups excluding carboxylic acids is 1. The Balaban J connectivity index is 2.40. The van der Waals surface area contributed by atoms with Gasteiger partial charge in [0.25, 0.3) is 0 Å². The monoisotopic (exact) mass is 270 g/mol.